The maximum atomic E-state index is 6.49. The van der Waals surface area contributed by atoms with Crippen molar-refractivity contribution in [3.8, 4) is 0 Å². The van der Waals surface area contributed by atoms with Crippen LogP contribution in [0.25, 0.3) is 0 Å². The van der Waals surface area contributed by atoms with Gasteiger partial charge in [-0.05, 0) is 39.2 Å². The lowest BCUT2D eigenvalue weighted by atomic mass is 9.57. The highest BCUT2D eigenvalue weighted by Crippen LogP contribution is 2.52. The molecule has 0 radical (unpaired) electrons. The largest absolute Gasteiger partial charge is 0.381 e. The van der Waals surface area contributed by atoms with Gasteiger partial charge in [0.1, 0.15) is 0 Å². The Bertz CT molecular complexity index is 280. The third kappa shape index (κ3) is 2.70. The molecule has 19 heavy (non-hydrogen) atoms. The van der Waals surface area contributed by atoms with Gasteiger partial charge < -0.3 is 14.8 Å². The monoisotopic (exact) mass is 267 g/mol. The third-order valence-corrected chi connectivity index (χ3v) is 5.69. The highest BCUT2D eigenvalue weighted by molar-refractivity contribution is 5.08. The molecule has 0 amide bonds. The lowest BCUT2D eigenvalue weighted by Crippen LogP contribution is -2.63. The van der Waals surface area contributed by atoms with Crippen molar-refractivity contribution < 1.29 is 9.47 Å². The van der Waals surface area contributed by atoms with Crippen LogP contribution >= 0.6 is 0 Å². The molecule has 2 atom stereocenters. The van der Waals surface area contributed by atoms with Gasteiger partial charge >= 0.3 is 0 Å². The standard InChI is InChI=1S/C16H29NO2/c1-17-14-12-15(19-13-6-10-18-11-7-13)16(14)8-4-2-3-5-9-16/h13-15,17H,2-12H2,1H3. The van der Waals surface area contributed by atoms with E-state index in [0.717, 1.165) is 26.1 Å². The van der Waals surface area contributed by atoms with E-state index in [4.69, 9.17) is 9.47 Å². The quantitative estimate of drug-likeness (QED) is 0.853. The molecule has 0 aromatic rings. The highest BCUT2D eigenvalue weighted by atomic mass is 16.5. The maximum absolute atomic E-state index is 6.49. The number of ether oxygens (including phenoxy) is 2. The molecule has 2 saturated carbocycles. The van der Waals surface area contributed by atoms with Crippen LogP contribution in [-0.2, 0) is 9.47 Å². The average Bonchev–Trinajstić information content (AvgIpc) is 2.72. The van der Waals surface area contributed by atoms with E-state index < -0.39 is 0 Å². The highest BCUT2D eigenvalue weighted by Gasteiger charge is 2.55. The van der Waals surface area contributed by atoms with Crippen molar-refractivity contribution in [3.63, 3.8) is 0 Å². The fourth-order valence-electron chi connectivity index (χ4n) is 4.45. The van der Waals surface area contributed by atoms with E-state index in [0.29, 0.717) is 23.7 Å². The Morgan fingerprint density at radius 2 is 1.74 bits per heavy atom. The van der Waals surface area contributed by atoms with Crippen molar-refractivity contribution in [2.45, 2.75) is 76.0 Å². The molecule has 3 aliphatic rings. The van der Waals surface area contributed by atoms with E-state index in [-0.39, 0.29) is 0 Å². The van der Waals surface area contributed by atoms with Crippen LogP contribution in [0, 0.1) is 5.41 Å². The zero-order chi connectivity index (χ0) is 13.1. The number of nitrogens with one attached hydrogen (secondary N) is 1. The zero-order valence-electron chi connectivity index (χ0n) is 12.3. The van der Waals surface area contributed by atoms with Crippen LogP contribution < -0.4 is 5.32 Å². The van der Waals surface area contributed by atoms with E-state index in [1.165, 1.54) is 44.9 Å². The predicted octanol–water partition coefficient (Wildman–Crippen LogP) is 2.88. The Morgan fingerprint density at radius 3 is 2.37 bits per heavy atom. The first-order valence-corrected chi connectivity index (χ1v) is 8.25. The van der Waals surface area contributed by atoms with Gasteiger partial charge in [0.05, 0.1) is 12.2 Å². The van der Waals surface area contributed by atoms with E-state index in [9.17, 15) is 0 Å². The van der Waals surface area contributed by atoms with Crippen LogP contribution in [0.3, 0.4) is 0 Å². The van der Waals surface area contributed by atoms with Gasteiger partial charge in [0.2, 0.25) is 0 Å². The van der Waals surface area contributed by atoms with Crippen molar-refractivity contribution in [2.75, 3.05) is 20.3 Å². The van der Waals surface area contributed by atoms with Gasteiger partial charge in [-0.25, -0.2) is 0 Å². The van der Waals surface area contributed by atoms with Gasteiger partial charge in [-0.2, -0.15) is 0 Å². The van der Waals surface area contributed by atoms with Crippen molar-refractivity contribution in [3.05, 3.63) is 0 Å². The summed E-state index contributed by atoms with van der Waals surface area (Å²) in [4.78, 5) is 0. The summed E-state index contributed by atoms with van der Waals surface area (Å²) in [5, 5.41) is 3.55. The SMILES string of the molecule is CNC1CC(OC2CCOCC2)C12CCCCCC2. The second-order valence-corrected chi connectivity index (χ2v) is 6.66. The molecule has 0 bridgehead atoms. The van der Waals surface area contributed by atoms with E-state index in [1.54, 1.807) is 0 Å². The average molecular weight is 267 g/mol. The Labute approximate surface area is 117 Å². The fourth-order valence-corrected chi connectivity index (χ4v) is 4.45. The Morgan fingerprint density at radius 1 is 1.05 bits per heavy atom. The molecule has 3 fully saturated rings. The van der Waals surface area contributed by atoms with Crippen LogP contribution in [-0.4, -0.2) is 38.5 Å². The molecule has 1 saturated heterocycles. The normalized spacial score (nSPS) is 35.8. The van der Waals surface area contributed by atoms with Gasteiger partial charge in [-0.15, -0.1) is 0 Å². The number of hydrogen-bond acceptors (Lipinski definition) is 3. The molecule has 2 unspecified atom stereocenters. The first-order valence-electron chi connectivity index (χ1n) is 8.25. The second-order valence-electron chi connectivity index (χ2n) is 6.66. The van der Waals surface area contributed by atoms with E-state index >= 15 is 0 Å². The summed E-state index contributed by atoms with van der Waals surface area (Å²) >= 11 is 0. The minimum atomic E-state index is 0.448. The van der Waals surface area contributed by atoms with Crippen LogP contribution in [0.1, 0.15) is 57.8 Å². The summed E-state index contributed by atoms with van der Waals surface area (Å²) < 4.78 is 11.9. The zero-order valence-corrected chi connectivity index (χ0v) is 12.3. The van der Waals surface area contributed by atoms with Gasteiger partial charge in [0.25, 0.3) is 0 Å². The molecule has 3 nitrogen and oxygen atoms in total. The first-order chi connectivity index (χ1) is 9.35. The number of rotatable bonds is 3. The van der Waals surface area contributed by atoms with Crippen molar-refractivity contribution in [1.82, 2.24) is 5.32 Å². The molecular formula is C16H29NO2. The predicted molar refractivity (Wildman–Crippen MR) is 76.3 cm³/mol. The summed E-state index contributed by atoms with van der Waals surface area (Å²) in [6.07, 6.45) is 12.7. The smallest absolute Gasteiger partial charge is 0.0665 e. The molecular weight excluding hydrogens is 238 g/mol. The molecule has 1 aliphatic heterocycles. The van der Waals surface area contributed by atoms with Crippen LogP contribution in [0.2, 0.25) is 0 Å². The maximum Gasteiger partial charge on any atom is 0.0665 e. The minimum Gasteiger partial charge on any atom is -0.381 e. The molecule has 0 aromatic carbocycles. The fraction of sp³-hybridized carbons (Fsp3) is 1.00. The van der Waals surface area contributed by atoms with E-state index in [1.807, 2.05) is 0 Å². The first kappa shape index (κ1) is 13.8. The van der Waals surface area contributed by atoms with Crippen LogP contribution in [0.5, 0.6) is 0 Å². The molecule has 0 aromatic heterocycles. The summed E-state index contributed by atoms with van der Waals surface area (Å²) in [6.45, 7) is 1.78. The third-order valence-electron chi connectivity index (χ3n) is 5.69. The van der Waals surface area contributed by atoms with Gasteiger partial charge in [-0.3, -0.25) is 0 Å². The Balaban J connectivity index is 1.63. The molecule has 1 heterocycles. The van der Waals surface area contributed by atoms with Gasteiger partial charge in [0, 0.05) is 24.7 Å². The molecule has 2 aliphatic carbocycles. The molecule has 1 spiro atoms. The van der Waals surface area contributed by atoms with Crippen molar-refractivity contribution in [2.24, 2.45) is 5.41 Å². The molecule has 3 heteroatoms. The second kappa shape index (κ2) is 6.11. The number of hydrogen-bond donors (Lipinski definition) is 1. The molecule has 1 N–H and O–H groups in total. The van der Waals surface area contributed by atoms with Crippen molar-refractivity contribution >= 4 is 0 Å². The summed E-state index contributed by atoms with van der Waals surface area (Å²) in [7, 11) is 2.13. The Kier molecular flexibility index (Phi) is 4.45. The Hall–Kier alpha value is -0.120. The van der Waals surface area contributed by atoms with Crippen LogP contribution in [0.4, 0.5) is 0 Å². The van der Waals surface area contributed by atoms with Crippen LogP contribution in [0.15, 0.2) is 0 Å². The topological polar surface area (TPSA) is 30.5 Å². The lowest BCUT2D eigenvalue weighted by Gasteiger charge is -2.56. The minimum absolute atomic E-state index is 0.448. The summed E-state index contributed by atoms with van der Waals surface area (Å²) in [5.41, 5.74) is 0.448. The molecule has 110 valence electrons. The van der Waals surface area contributed by atoms with Gasteiger partial charge in [0.15, 0.2) is 0 Å². The summed E-state index contributed by atoms with van der Waals surface area (Å²) in [5.74, 6) is 0. The molecule has 3 rings (SSSR count). The van der Waals surface area contributed by atoms with Crippen molar-refractivity contribution in [1.29, 1.82) is 0 Å². The summed E-state index contributed by atoms with van der Waals surface area (Å²) in [6, 6.07) is 0.690. The lowest BCUT2D eigenvalue weighted by molar-refractivity contribution is -0.182. The van der Waals surface area contributed by atoms with E-state index in [2.05, 4.69) is 12.4 Å². The van der Waals surface area contributed by atoms with Gasteiger partial charge in [-0.1, -0.05) is 25.7 Å².